The molecule has 0 aromatic rings. The molecule has 1 saturated heterocycles. The zero-order valence-electron chi connectivity index (χ0n) is 9.18. The Morgan fingerprint density at radius 1 is 1.31 bits per heavy atom. The van der Waals surface area contributed by atoms with E-state index in [4.69, 9.17) is 0 Å². The van der Waals surface area contributed by atoms with E-state index in [0.717, 1.165) is 5.92 Å². The molecular formula is C11H24N2. The van der Waals surface area contributed by atoms with Gasteiger partial charge in [-0.25, -0.2) is 0 Å². The maximum absolute atomic E-state index is 3.44. The molecular weight excluding hydrogens is 160 g/mol. The highest BCUT2D eigenvalue weighted by Gasteiger charge is 2.11. The molecule has 0 aromatic heterocycles. The summed E-state index contributed by atoms with van der Waals surface area (Å²) < 4.78 is 0. The van der Waals surface area contributed by atoms with Crippen molar-refractivity contribution < 1.29 is 0 Å². The lowest BCUT2D eigenvalue weighted by atomic mass is 10.1. The molecule has 0 spiro atoms. The molecule has 1 atom stereocenters. The molecule has 0 amide bonds. The number of hydrogen-bond acceptors (Lipinski definition) is 2. The van der Waals surface area contributed by atoms with E-state index in [1.807, 2.05) is 0 Å². The van der Waals surface area contributed by atoms with Gasteiger partial charge in [-0.05, 0) is 31.8 Å². The minimum absolute atomic E-state index is 0.878. The largest absolute Gasteiger partial charge is 0.315 e. The number of rotatable bonds is 4. The molecule has 0 aromatic carbocycles. The van der Waals surface area contributed by atoms with Gasteiger partial charge in [0, 0.05) is 19.6 Å². The van der Waals surface area contributed by atoms with Crippen LogP contribution in [0.3, 0.4) is 0 Å². The fraction of sp³-hybridized carbons (Fsp3) is 1.00. The summed E-state index contributed by atoms with van der Waals surface area (Å²) in [5.41, 5.74) is 0. The normalized spacial score (nSPS) is 22.6. The van der Waals surface area contributed by atoms with Gasteiger partial charge in [0.05, 0.1) is 0 Å². The van der Waals surface area contributed by atoms with Crippen molar-refractivity contribution in [3.05, 3.63) is 0 Å². The van der Waals surface area contributed by atoms with Crippen LogP contribution in [-0.4, -0.2) is 37.6 Å². The Balaban J connectivity index is 2.17. The molecule has 0 saturated carbocycles. The molecule has 0 radical (unpaired) electrons. The van der Waals surface area contributed by atoms with Crippen LogP contribution in [0.1, 0.15) is 33.1 Å². The Morgan fingerprint density at radius 3 is 2.92 bits per heavy atom. The molecule has 1 rings (SSSR count). The molecule has 1 aliphatic rings. The Bertz CT molecular complexity index is 117. The SMILES string of the molecule is CCCC(C)CN1CCCNCC1. The van der Waals surface area contributed by atoms with Gasteiger partial charge in [0.2, 0.25) is 0 Å². The summed E-state index contributed by atoms with van der Waals surface area (Å²) in [4.78, 5) is 2.61. The minimum Gasteiger partial charge on any atom is -0.315 e. The van der Waals surface area contributed by atoms with Crippen molar-refractivity contribution in [1.29, 1.82) is 0 Å². The van der Waals surface area contributed by atoms with E-state index in [1.54, 1.807) is 0 Å². The van der Waals surface area contributed by atoms with Crippen LogP contribution in [0.5, 0.6) is 0 Å². The average Bonchev–Trinajstić information content (AvgIpc) is 2.33. The van der Waals surface area contributed by atoms with Gasteiger partial charge in [0.25, 0.3) is 0 Å². The second kappa shape index (κ2) is 6.39. The van der Waals surface area contributed by atoms with Gasteiger partial charge in [-0.3, -0.25) is 0 Å². The first-order valence-electron chi connectivity index (χ1n) is 5.76. The van der Waals surface area contributed by atoms with E-state index in [0.29, 0.717) is 0 Å². The number of nitrogens with one attached hydrogen (secondary N) is 1. The van der Waals surface area contributed by atoms with E-state index in [9.17, 15) is 0 Å². The molecule has 1 unspecified atom stereocenters. The Labute approximate surface area is 82.7 Å². The molecule has 1 heterocycles. The summed E-state index contributed by atoms with van der Waals surface area (Å²) in [6, 6.07) is 0. The predicted molar refractivity (Wildman–Crippen MR) is 58.0 cm³/mol. The van der Waals surface area contributed by atoms with Crippen LogP contribution in [-0.2, 0) is 0 Å². The van der Waals surface area contributed by atoms with Gasteiger partial charge < -0.3 is 10.2 Å². The van der Waals surface area contributed by atoms with Crippen molar-refractivity contribution in [1.82, 2.24) is 10.2 Å². The van der Waals surface area contributed by atoms with Crippen LogP contribution < -0.4 is 5.32 Å². The van der Waals surface area contributed by atoms with E-state index in [1.165, 1.54) is 52.0 Å². The fourth-order valence-electron chi connectivity index (χ4n) is 2.11. The van der Waals surface area contributed by atoms with E-state index in [2.05, 4.69) is 24.1 Å². The van der Waals surface area contributed by atoms with Crippen LogP contribution in [0.4, 0.5) is 0 Å². The van der Waals surface area contributed by atoms with Crippen molar-refractivity contribution >= 4 is 0 Å². The number of nitrogens with zero attached hydrogens (tertiary/aromatic N) is 1. The van der Waals surface area contributed by atoms with Crippen LogP contribution in [0.2, 0.25) is 0 Å². The van der Waals surface area contributed by atoms with Gasteiger partial charge in [-0.2, -0.15) is 0 Å². The van der Waals surface area contributed by atoms with Gasteiger partial charge >= 0.3 is 0 Å². The highest BCUT2D eigenvalue weighted by atomic mass is 15.1. The van der Waals surface area contributed by atoms with Crippen molar-refractivity contribution in [3.8, 4) is 0 Å². The molecule has 1 N–H and O–H groups in total. The van der Waals surface area contributed by atoms with Crippen LogP contribution in [0.25, 0.3) is 0 Å². The summed E-state index contributed by atoms with van der Waals surface area (Å²) in [6.07, 6.45) is 4.02. The summed E-state index contributed by atoms with van der Waals surface area (Å²) in [5, 5.41) is 3.44. The summed E-state index contributed by atoms with van der Waals surface area (Å²) in [7, 11) is 0. The first-order valence-corrected chi connectivity index (χ1v) is 5.76. The summed E-state index contributed by atoms with van der Waals surface area (Å²) in [6.45, 7) is 10.9. The molecule has 13 heavy (non-hydrogen) atoms. The van der Waals surface area contributed by atoms with Crippen LogP contribution in [0.15, 0.2) is 0 Å². The first-order chi connectivity index (χ1) is 6.33. The lowest BCUT2D eigenvalue weighted by Crippen LogP contribution is -2.32. The third-order valence-electron chi connectivity index (χ3n) is 2.78. The molecule has 78 valence electrons. The lowest BCUT2D eigenvalue weighted by molar-refractivity contribution is 0.245. The molecule has 1 aliphatic heterocycles. The van der Waals surface area contributed by atoms with Gasteiger partial charge in [-0.1, -0.05) is 20.3 Å². The second-order valence-electron chi connectivity index (χ2n) is 4.30. The third-order valence-corrected chi connectivity index (χ3v) is 2.78. The summed E-state index contributed by atoms with van der Waals surface area (Å²) >= 11 is 0. The average molecular weight is 184 g/mol. The third kappa shape index (κ3) is 4.63. The van der Waals surface area contributed by atoms with Gasteiger partial charge in [-0.15, -0.1) is 0 Å². The maximum atomic E-state index is 3.44. The van der Waals surface area contributed by atoms with Crippen molar-refractivity contribution in [3.63, 3.8) is 0 Å². The first kappa shape index (κ1) is 11.0. The smallest absolute Gasteiger partial charge is 0.0107 e. The van der Waals surface area contributed by atoms with E-state index < -0.39 is 0 Å². The van der Waals surface area contributed by atoms with Crippen molar-refractivity contribution in [2.24, 2.45) is 5.92 Å². The minimum atomic E-state index is 0.878. The standard InChI is InChI=1S/C11H24N2/c1-3-5-11(2)10-13-8-4-6-12-7-9-13/h11-12H,3-10H2,1-2H3. The van der Waals surface area contributed by atoms with Crippen molar-refractivity contribution in [2.75, 3.05) is 32.7 Å². The van der Waals surface area contributed by atoms with Gasteiger partial charge in [0.15, 0.2) is 0 Å². The highest BCUT2D eigenvalue weighted by molar-refractivity contribution is 4.68. The molecule has 0 aliphatic carbocycles. The van der Waals surface area contributed by atoms with Crippen molar-refractivity contribution in [2.45, 2.75) is 33.1 Å². The molecule has 0 bridgehead atoms. The zero-order chi connectivity index (χ0) is 9.52. The fourth-order valence-corrected chi connectivity index (χ4v) is 2.11. The van der Waals surface area contributed by atoms with E-state index in [-0.39, 0.29) is 0 Å². The topological polar surface area (TPSA) is 15.3 Å². The lowest BCUT2D eigenvalue weighted by Gasteiger charge is -2.23. The Hall–Kier alpha value is -0.0800. The quantitative estimate of drug-likeness (QED) is 0.715. The maximum Gasteiger partial charge on any atom is 0.0107 e. The molecule has 2 heteroatoms. The zero-order valence-corrected chi connectivity index (χ0v) is 9.18. The van der Waals surface area contributed by atoms with Crippen LogP contribution >= 0.6 is 0 Å². The number of hydrogen-bond donors (Lipinski definition) is 1. The predicted octanol–water partition coefficient (Wildman–Crippen LogP) is 1.72. The Morgan fingerprint density at radius 2 is 2.15 bits per heavy atom. The molecule has 2 nitrogen and oxygen atoms in total. The monoisotopic (exact) mass is 184 g/mol. The molecule has 1 fully saturated rings. The van der Waals surface area contributed by atoms with Gasteiger partial charge in [0.1, 0.15) is 0 Å². The Kier molecular flexibility index (Phi) is 5.40. The second-order valence-corrected chi connectivity index (χ2v) is 4.30. The summed E-state index contributed by atoms with van der Waals surface area (Å²) in [5.74, 6) is 0.878. The highest BCUT2D eigenvalue weighted by Crippen LogP contribution is 2.08. The van der Waals surface area contributed by atoms with E-state index >= 15 is 0 Å². The van der Waals surface area contributed by atoms with Crippen LogP contribution in [0, 0.1) is 5.92 Å².